The summed E-state index contributed by atoms with van der Waals surface area (Å²) in [7, 11) is 0. The molecular weight excluding hydrogens is 250 g/mol. The Bertz CT molecular complexity index is 246. The van der Waals surface area contributed by atoms with Gasteiger partial charge in [0.15, 0.2) is 0 Å². The van der Waals surface area contributed by atoms with Gasteiger partial charge in [0.2, 0.25) is 5.91 Å². The third-order valence-corrected chi connectivity index (χ3v) is 3.93. The van der Waals surface area contributed by atoms with Crippen LogP contribution in [0.3, 0.4) is 0 Å². The van der Waals surface area contributed by atoms with E-state index in [9.17, 15) is 4.79 Å². The molecule has 1 aliphatic heterocycles. The standard InChI is InChI=1S/C13H27N3O.ClH/c1-4-15(5-2)13(17)10-16-8-6-7-11(3)12(16)9-14;/h11-12H,4-10,14H2,1-3H3;1H. The maximum absolute atomic E-state index is 12.1. The van der Waals surface area contributed by atoms with Crippen molar-refractivity contribution in [2.45, 2.75) is 39.7 Å². The van der Waals surface area contributed by atoms with Crippen LogP contribution >= 0.6 is 12.4 Å². The Morgan fingerprint density at radius 1 is 1.39 bits per heavy atom. The molecule has 0 aliphatic carbocycles. The monoisotopic (exact) mass is 277 g/mol. The van der Waals surface area contributed by atoms with Gasteiger partial charge in [-0.05, 0) is 39.2 Å². The van der Waals surface area contributed by atoms with Gasteiger partial charge in [-0.25, -0.2) is 0 Å². The summed E-state index contributed by atoms with van der Waals surface area (Å²) >= 11 is 0. The molecule has 1 saturated heterocycles. The summed E-state index contributed by atoms with van der Waals surface area (Å²) in [6, 6.07) is 0.378. The molecule has 2 unspecified atom stereocenters. The summed E-state index contributed by atoms with van der Waals surface area (Å²) in [5.41, 5.74) is 5.83. The molecular formula is C13H28ClN3O. The largest absolute Gasteiger partial charge is 0.342 e. The number of amides is 1. The lowest BCUT2D eigenvalue weighted by atomic mass is 9.91. The number of piperidine rings is 1. The summed E-state index contributed by atoms with van der Waals surface area (Å²) in [5.74, 6) is 0.848. The van der Waals surface area contributed by atoms with Gasteiger partial charge in [0.25, 0.3) is 0 Å². The zero-order chi connectivity index (χ0) is 12.8. The second-order valence-electron chi connectivity index (χ2n) is 4.96. The Morgan fingerprint density at radius 3 is 2.50 bits per heavy atom. The molecule has 1 heterocycles. The Kier molecular flexibility index (Phi) is 8.57. The van der Waals surface area contributed by atoms with Crippen LogP contribution in [0.15, 0.2) is 0 Å². The average molecular weight is 278 g/mol. The summed E-state index contributed by atoms with van der Waals surface area (Å²) in [5, 5.41) is 0. The number of likely N-dealkylation sites (N-methyl/N-ethyl adjacent to an activating group) is 1. The van der Waals surface area contributed by atoms with Gasteiger partial charge in [-0.15, -0.1) is 12.4 Å². The Balaban J connectivity index is 0.00000289. The molecule has 0 spiro atoms. The predicted octanol–water partition coefficient (Wildman–Crippen LogP) is 1.34. The van der Waals surface area contributed by atoms with Crippen molar-refractivity contribution in [2.24, 2.45) is 11.7 Å². The van der Waals surface area contributed by atoms with Crippen LogP contribution in [-0.2, 0) is 4.79 Å². The van der Waals surface area contributed by atoms with Crippen molar-refractivity contribution >= 4 is 18.3 Å². The first-order valence-electron chi connectivity index (χ1n) is 6.85. The molecule has 1 aliphatic rings. The van der Waals surface area contributed by atoms with Gasteiger partial charge >= 0.3 is 0 Å². The smallest absolute Gasteiger partial charge is 0.236 e. The lowest BCUT2D eigenvalue weighted by Gasteiger charge is -2.39. The van der Waals surface area contributed by atoms with E-state index in [1.165, 1.54) is 12.8 Å². The number of nitrogens with zero attached hydrogens (tertiary/aromatic N) is 2. The Morgan fingerprint density at radius 2 is 2.00 bits per heavy atom. The Labute approximate surface area is 117 Å². The molecule has 0 saturated carbocycles. The highest BCUT2D eigenvalue weighted by Gasteiger charge is 2.29. The van der Waals surface area contributed by atoms with Crippen LogP contribution < -0.4 is 5.73 Å². The number of carbonyl (C=O) groups excluding carboxylic acids is 1. The molecule has 0 aromatic heterocycles. The lowest BCUT2D eigenvalue weighted by Crippen LogP contribution is -2.52. The zero-order valence-corrected chi connectivity index (χ0v) is 12.7. The van der Waals surface area contributed by atoms with Crippen LogP contribution in [0.25, 0.3) is 0 Å². The van der Waals surface area contributed by atoms with Gasteiger partial charge in [0.1, 0.15) is 0 Å². The third-order valence-electron chi connectivity index (χ3n) is 3.93. The number of carbonyl (C=O) groups is 1. The molecule has 0 aromatic carbocycles. The molecule has 1 rings (SSSR count). The molecule has 5 heteroatoms. The minimum absolute atomic E-state index is 0. The van der Waals surface area contributed by atoms with E-state index in [4.69, 9.17) is 5.73 Å². The van der Waals surface area contributed by atoms with Crippen molar-refractivity contribution in [3.8, 4) is 0 Å². The normalized spacial score (nSPS) is 24.4. The van der Waals surface area contributed by atoms with Crippen LogP contribution in [0, 0.1) is 5.92 Å². The summed E-state index contributed by atoms with van der Waals surface area (Å²) in [4.78, 5) is 16.3. The van der Waals surface area contributed by atoms with Crippen molar-refractivity contribution in [2.75, 3.05) is 32.7 Å². The van der Waals surface area contributed by atoms with Crippen molar-refractivity contribution < 1.29 is 4.79 Å². The first-order chi connectivity index (χ1) is 8.13. The van der Waals surface area contributed by atoms with Gasteiger partial charge in [-0.1, -0.05) is 6.92 Å². The molecule has 1 amide bonds. The first kappa shape index (κ1) is 17.7. The van der Waals surface area contributed by atoms with E-state index in [0.29, 0.717) is 25.0 Å². The number of halogens is 1. The fraction of sp³-hybridized carbons (Fsp3) is 0.923. The minimum Gasteiger partial charge on any atom is -0.342 e. The van der Waals surface area contributed by atoms with E-state index in [-0.39, 0.29) is 18.3 Å². The first-order valence-corrected chi connectivity index (χ1v) is 6.85. The zero-order valence-electron chi connectivity index (χ0n) is 11.9. The lowest BCUT2D eigenvalue weighted by molar-refractivity contribution is -0.133. The molecule has 18 heavy (non-hydrogen) atoms. The van der Waals surface area contributed by atoms with Crippen LogP contribution in [0.5, 0.6) is 0 Å². The molecule has 0 aromatic rings. The number of hydrogen-bond acceptors (Lipinski definition) is 3. The highest BCUT2D eigenvalue weighted by molar-refractivity contribution is 5.85. The average Bonchev–Trinajstić information content (AvgIpc) is 2.31. The molecule has 0 bridgehead atoms. The van der Waals surface area contributed by atoms with Crippen LogP contribution in [-0.4, -0.2) is 54.5 Å². The molecule has 1 fully saturated rings. The highest BCUT2D eigenvalue weighted by Crippen LogP contribution is 2.22. The number of hydrogen-bond donors (Lipinski definition) is 1. The predicted molar refractivity (Wildman–Crippen MR) is 78.0 cm³/mol. The quantitative estimate of drug-likeness (QED) is 0.825. The number of nitrogens with two attached hydrogens (primary N) is 1. The van der Waals surface area contributed by atoms with E-state index < -0.39 is 0 Å². The summed E-state index contributed by atoms with van der Waals surface area (Å²) < 4.78 is 0. The molecule has 0 radical (unpaired) electrons. The van der Waals surface area contributed by atoms with Crippen LogP contribution in [0.1, 0.15) is 33.6 Å². The maximum atomic E-state index is 12.1. The summed E-state index contributed by atoms with van der Waals surface area (Å²) in [6.45, 7) is 10.1. The Hall–Kier alpha value is -0.320. The van der Waals surface area contributed by atoms with Crippen LogP contribution in [0.2, 0.25) is 0 Å². The van der Waals surface area contributed by atoms with Gasteiger partial charge in [-0.2, -0.15) is 0 Å². The fourth-order valence-electron chi connectivity index (χ4n) is 2.76. The van der Waals surface area contributed by atoms with Crippen molar-refractivity contribution in [1.82, 2.24) is 9.80 Å². The summed E-state index contributed by atoms with van der Waals surface area (Å²) in [6.07, 6.45) is 2.42. The van der Waals surface area contributed by atoms with E-state index in [1.54, 1.807) is 0 Å². The van der Waals surface area contributed by atoms with Gasteiger partial charge in [-0.3, -0.25) is 9.69 Å². The maximum Gasteiger partial charge on any atom is 0.236 e. The molecule has 4 nitrogen and oxygen atoms in total. The molecule has 108 valence electrons. The molecule has 2 N–H and O–H groups in total. The number of likely N-dealkylation sites (tertiary alicyclic amines) is 1. The van der Waals surface area contributed by atoms with Crippen molar-refractivity contribution in [3.05, 3.63) is 0 Å². The van der Waals surface area contributed by atoms with E-state index in [2.05, 4.69) is 11.8 Å². The highest BCUT2D eigenvalue weighted by atomic mass is 35.5. The molecule has 2 atom stereocenters. The minimum atomic E-state index is 0. The van der Waals surface area contributed by atoms with Gasteiger partial charge in [0, 0.05) is 25.7 Å². The van der Waals surface area contributed by atoms with Gasteiger partial charge in [0.05, 0.1) is 6.54 Å². The van der Waals surface area contributed by atoms with Crippen LogP contribution in [0.4, 0.5) is 0 Å². The van der Waals surface area contributed by atoms with E-state index in [0.717, 1.165) is 19.6 Å². The SMILES string of the molecule is CCN(CC)C(=O)CN1CCCC(C)C1CN.Cl. The second-order valence-corrected chi connectivity index (χ2v) is 4.96. The number of rotatable bonds is 5. The fourth-order valence-corrected chi connectivity index (χ4v) is 2.76. The van der Waals surface area contributed by atoms with E-state index in [1.807, 2.05) is 18.7 Å². The van der Waals surface area contributed by atoms with Crippen molar-refractivity contribution in [1.29, 1.82) is 0 Å². The topological polar surface area (TPSA) is 49.6 Å². The van der Waals surface area contributed by atoms with Gasteiger partial charge < -0.3 is 10.6 Å². The van der Waals surface area contributed by atoms with Crippen molar-refractivity contribution in [3.63, 3.8) is 0 Å². The van der Waals surface area contributed by atoms with E-state index >= 15 is 0 Å². The third kappa shape index (κ3) is 4.41. The second kappa shape index (κ2) is 8.73.